The summed E-state index contributed by atoms with van der Waals surface area (Å²) in [5.41, 5.74) is 1.72. The number of benzene rings is 1. The van der Waals surface area contributed by atoms with E-state index in [1.54, 1.807) is 4.90 Å². The van der Waals surface area contributed by atoms with Crippen LogP contribution in [-0.2, 0) is 4.79 Å². The lowest BCUT2D eigenvalue weighted by Gasteiger charge is -2.26. The Labute approximate surface area is 126 Å². The maximum Gasteiger partial charge on any atom is 0.266 e. The summed E-state index contributed by atoms with van der Waals surface area (Å²) in [6.07, 6.45) is 0. The summed E-state index contributed by atoms with van der Waals surface area (Å²) >= 11 is 1.38. The highest BCUT2D eigenvalue weighted by atomic mass is 32.1. The maximum absolute atomic E-state index is 12.5. The average molecular weight is 301 g/mol. The van der Waals surface area contributed by atoms with Crippen LogP contribution >= 0.6 is 11.3 Å². The SMILES string of the molecule is Cc1nc(-c2ccccc2)sc1C(=O)N1CCNC(=O)C1. The van der Waals surface area contributed by atoms with Gasteiger partial charge in [0.15, 0.2) is 0 Å². The van der Waals surface area contributed by atoms with E-state index in [0.717, 1.165) is 16.3 Å². The van der Waals surface area contributed by atoms with Gasteiger partial charge in [0.1, 0.15) is 9.88 Å². The Morgan fingerprint density at radius 1 is 1.33 bits per heavy atom. The molecule has 0 atom stereocenters. The minimum absolute atomic E-state index is 0.109. The van der Waals surface area contributed by atoms with Crippen molar-refractivity contribution in [3.05, 3.63) is 40.9 Å². The maximum atomic E-state index is 12.5. The number of aromatic nitrogens is 1. The van der Waals surface area contributed by atoms with E-state index in [2.05, 4.69) is 10.3 Å². The Morgan fingerprint density at radius 3 is 2.81 bits per heavy atom. The van der Waals surface area contributed by atoms with E-state index >= 15 is 0 Å². The molecule has 2 aromatic rings. The smallest absolute Gasteiger partial charge is 0.266 e. The van der Waals surface area contributed by atoms with Crippen molar-refractivity contribution >= 4 is 23.2 Å². The van der Waals surface area contributed by atoms with Crippen molar-refractivity contribution in [1.29, 1.82) is 0 Å². The zero-order valence-electron chi connectivity index (χ0n) is 11.6. The monoisotopic (exact) mass is 301 g/mol. The van der Waals surface area contributed by atoms with Crippen LogP contribution in [0.4, 0.5) is 0 Å². The lowest BCUT2D eigenvalue weighted by molar-refractivity contribution is -0.123. The highest BCUT2D eigenvalue weighted by molar-refractivity contribution is 7.17. The fourth-order valence-corrected chi connectivity index (χ4v) is 3.29. The molecule has 21 heavy (non-hydrogen) atoms. The van der Waals surface area contributed by atoms with Crippen molar-refractivity contribution in [1.82, 2.24) is 15.2 Å². The van der Waals surface area contributed by atoms with E-state index in [1.807, 2.05) is 37.3 Å². The molecule has 6 heteroatoms. The van der Waals surface area contributed by atoms with Gasteiger partial charge in [-0.05, 0) is 6.92 Å². The molecule has 0 saturated carbocycles. The summed E-state index contributed by atoms with van der Waals surface area (Å²) in [6, 6.07) is 9.79. The summed E-state index contributed by atoms with van der Waals surface area (Å²) in [5.74, 6) is -0.220. The van der Waals surface area contributed by atoms with Crippen LogP contribution in [0.3, 0.4) is 0 Å². The second-order valence-electron chi connectivity index (χ2n) is 4.88. The Morgan fingerprint density at radius 2 is 2.10 bits per heavy atom. The fraction of sp³-hybridized carbons (Fsp3) is 0.267. The van der Waals surface area contributed by atoms with E-state index in [9.17, 15) is 9.59 Å². The second-order valence-corrected chi connectivity index (χ2v) is 5.88. The molecule has 1 N–H and O–H groups in total. The average Bonchev–Trinajstić information content (AvgIpc) is 2.89. The summed E-state index contributed by atoms with van der Waals surface area (Å²) in [6.45, 7) is 3.01. The number of rotatable bonds is 2. The standard InChI is InChI=1S/C15H15N3O2S/c1-10-13(15(20)18-8-7-16-12(19)9-18)21-14(17-10)11-5-3-2-4-6-11/h2-6H,7-9H2,1H3,(H,16,19). The molecule has 0 radical (unpaired) electrons. The number of nitrogens with one attached hydrogen (secondary N) is 1. The number of hydrogen-bond acceptors (Lipinski definition) is 4. The van der Waals surface area contributed by atoms with Crippen molar-refractivity contribution in [2.75, 3.05) is 19.6 Å². The lowest BCUT2D eigenvalue weighted by Crippen LogP contribution is -2.49. The molecule has 1 aromatic carbocycles. The highest BCUT2D eigenvalue weighted by Gasteiger charge is 2.25. The van der Waals surface area contributed by atoms with Gasteiger partial charge in [0, 0.05) is 18.7 Å². The molecule has 0 spiro atoms. The normalized spacial score (nSPS) is 14.9. The molecule has 0 unspecified atom stereocenters. The molecule has 1 fully saturated rings. The zero-order valence-corrected chi connectivity index (χ0v) is 12.4. The van der Waals surface area contributed by atoms with Gasteiger partial charge >= 0.3 is 0 Å². The molecular weight excluding hydrogens is 286 g/mol. The van der Waals surface area contributed by atoms with Crippen LogP contribution < -0.4 is 5.32 Å². The van der Waals surface area contributed by atoms with Crippen LogP contribution in [0.15, 0.2) is 30.3 Å². The number of piperazine rings is 1. The van der Waals surface area contributed by atoms with Crippen LogP contribution in [0.5, 0.6) is 0 Å². The van der Waals surface area contributed by atoms with Gasteiger partial charge in [0.25, 0.3) is 5.91 Å². The molecule has 108 valence electrons. The molecule has 1 aliphatic rings. The molecule has 0 bridgehead atoms. The molecule has 3 rings (SSSR count). The first-order chi connectivity index (χ1) is 10.1. The molecule has 1 aliphatic heterocycles. The minimum Gasteiger partial charge on any atom is -0.353 e. The Bertz CT molecular complexity index is 681. The van der Waals surface area contributed by atoms with Crippen molar-refractivity contribution in [2.24, 2.45) is 0 Å². The number of amides is 2. The Hall–Kier alpha value is -2.21. The number of hydrogen-bond donors (Lipinski definition) is 1. The molecule has 2 heterocycles. The predicted octanol–water partition coefficient (Wildman–Crippen LogP) is 1.69. The summed E-state index contributed by atoms with van der Waals surface area (Å²) in [4.78, 5) is 30.6. The van der Waals surface area contributed by atoms with Gasteiger partial charge in [0.05, 0.1) is 12.2 Å². The summed E-state index contributed by atoms with van der Waals surface area (Å²) in [5, 5.41) is 3.55. The zero-order chi connectivity index (χ0) is 14.8. The van der Waals surface area contributed by atoms with Crippen molar-refractivity contribution < 1.29 is 9.59 Å². The first-order valence-corrected chi connectivity index (χ1v) is 7.55. The van der Waals surface area contributed by atoms with Gasteiger partial charge in [-0.3, -0.25) is 9.59 Å². The first-order valence-electron chi connectivity index (χ1n) is 6.74. The second kappa shape index (κ2) is 5.65. The van der Waals surface area contributed by atoms with Crippen LogP contribution in [0.2, 0.25) is 0 Å². The Kier molecular flexibility index (Phi) is 3.70. The van der Waals surface area contributed by atoms with E-state index < -0.39 is 0 Å². The van der Waals surface area contributed by atoms with Crippen LogP contribution in [-0.4, -0.2) is 41.3 Å². The van der Waals surface area contributed by atoms with Crippen molar-refractivity contribution in [3.63, 3.8) is 0 Å². The van der Waals surface area contributed by atoms with Gasteiger partial charge < -0.3 is 10.2 Å². The molecular formula is C15H15N3O2S. The quantitative estimate of drug-likeness (QED) is 0.918. The molecule has 5 nitrogen and oxygen atoms in total. The van der Waals surface area contributed by atoms with E-state index in [0.29, 0.717) is 18.0 Å². The van der Waals surface area contributed by atoms with Crippen LogP contribution in [0.1, 0.15) is 15.4 Å². The van der Waals surface area contributed by atoms with Gasteiger partial charge in [-0.25, -0.2) is 4.98 Å². The molecule has 0 aliphatic carbocycles. The minimum atomic E-state index is -0.111. The fourth-order valence-electron chi connectivity index (χ4n) is 2.25. The molecule has 1 aromatic heterocycles. The number of carbonyl (C=O) groups is 2. The highest BCUT2D eigenvalue weighted by Crippen LogP contribution is 2.28. The van der Waals surface area contributed by atoms with E-state index in [4.69, 9.17) is 0 Å². The molecule has 2 amide bonds. The van der Waals surface area contributed by atoms with Crippen molar-refractivity contribution in [3.8, 4) is 10.6 Å². The third kappa shape index (κ3) is 2.80. The van der Waals surface area contributed by atoms with Crippen LogP contribution in [0.25, 0.3) is 10.6 Å². The number of nitrogens with zero attached hydrogens (tertiary/aromatic N) is 2. The predicted molar refractivity (Wildman–Crippen MR) is 81.2 cm³/mol. The number of carbonyl (C=O) groups excluding carboxylic acids is 2. The number of thiazole rings is 1. The summed E-state index contributed by atoms with van der Waals surface area (Å²) < 4.78 is 0. The Balaban J connectivity index is 1.87. The van der Waals surface area contributed by atoms with Crippen LogP contribution in [0, 0.1) is 6.92 Å². The number of aryl methyl sites for hydroxylation is 1. The summed E-state index contributed by atoms with van der Waals surface area (Å²) in [7, 11) is 0. The topological polar surface area (TPSA) is 62.3 Å². The van der Waals surface area contributed by atoms with Gasteiger partial charge in [-0.2, -0.15) is 0 Å². The van der Waals surface area contributed by atoms with E-state index in [1.165, 1.54) is 11.3 Å². The molecule has 1 saturated heterocycles. The van der Waals surface area contributed by atoms with Crippen molar-refractivity contribution in [2.45, 2.75) is 6.92 Å². The third-order valence-electron chi connectivity index (χ3n) is 3.34. The van der Waals surface area contributed by atoms with Gasteiger partial charge in [-0.1, -0.05) is 30.3 Å². The van der Waals surface area contributed by atoms with Gasteiger partial charge in [0.2, 0.25) is 5.91 Å². The first kappa shape index (κ1) is 13.8. The largest absolute Gasteiger partial charge is 0.353 e. The van der Waals surface area contributed by atoms with Gasteiger partial charge in [-0.15, -0.1) is 11.3 Å². The lowest BCUT2D eigenvalue weighted by atomic mass is 10.2. The third-order valence-corrected chi connectivity index (χ3v) is 4.53. The van der Waals surface area contributed by atoms with E-state index in [-0.39, 0.29) is 18.4 Å².